The largest absolute Gasteiger partial charge is 0.459 e. The van der Waals surface area contributed by atoms with Crippen LogP contribution in [0.2, 0.25) is 0 Å². The normalized spacial score (nSPS) is 11.2. The van der Waals surface area contributed by atoms with E-state index in [1.165, 1.54) is 12.3 Å². The van der Waals surface area contributed by atoms with Crippen LogP contribution in [-0.4, -0.2) is 30.8 Å². The lowest BCUT2D eigenvalue weighted by atomic mass is 10.1. The van der Waals surface area contributed by atoms with Crippen molar-refractivity contribution in [2.45, 2.75) is 5.03 Å². The molecule has 1 amide bonds. The maximum absolute atomic E-state index is 11.9. The van der Waals surface area contributed by atoms with Gasteiger partial charge >= 0.3 is 0 Å². The van der Waals surface area contributed by atoms with Gasteiger partial charge in [0.15, 0.2) is 20.6 Å². The van der Waals surface area contributed by atoms with Crippen molar-refractivity contribution in [3.05, 3.63) is 60.6 Å². The van der Waals surface area contributed by atoms with E-state index in [-0.39, 0.29) is 16.7 Å². The van der Waals surface area contributed by atoms with Crippen molar-refractivity contribution in [3.8, 4) is 11.3 Å². The number of aromatic nitrogens is 2. The Bertz CT molecular complexity index is 948. The number of carbonyl (C=O) groups is 1. The molecule has 122 valence electrons. The average molecular weight is 343 g/mol. The highest BCUT2D eigenvalue weighted by molar-refractivity contribution is 7.90. The van der Waals surface area contributed by atoms with Gasteiger partial charge in [0, 0.05) is 17.5 Å². The molecule has 0 aliphatic rings. The summed E-state index contributed by atoms with van der Waals surface area (Å²) in [7, 11) is -3.37. The number of hydrogen-bond acceptors (Lipinski definition) is 6. The van der Waals surface area contributed by atoms with Gasteiger partial charge in [-0.1, -0.05) is 12.1 Å². The van der Waals surface area contributed by atoms with Crippen LogP contribution in [0, 0.1) is 0 Å². The third-order valence-corrected chi connectivity index (χ3v) is 4.18. The molecule has 0 bridgehead atoms. The van der Waals surface area contributed by atoms with Crippen LogP contribution in [0.4, 0.5) is 5.69 Å². The Hall–Kier alpha value is -3.00. The number of rotatable bonds is 4. The molecule has 0 radical (unpaired) electrons. The number of anilines is 1. The van der Waals surface area contributed by atoms with Gasteiger partial charge in [0.2, 0.25) is 0 Å². The minimum atomic E-state index is -3.37. The molecule has 0 atom stereocenters. The Morgan fingerprint density at radius 1 is 1.04 bits per heavy atom. The minimum absolute atomic E-state index is 0.0754. The molecule has 0 saturated heterocycles. The molecule has 1 aromatic carbocycles. The zero-order valence-electron chi connectivity index (χ0n) is 12.6. The van der Waals surface area contributed by atoms with E-state index < -0.39 is 9.84 Å². The molecule has 0 spiro atoms. The smallest absolute Gasteiger partial charge is 0.291 e. The number of furan rings is 1. The number of hydrogen-bond donors (Lipinski definition) is 1. The van der Waals surface area contributed by atoms with Gasteiger partial charge in [-0.2, -0.15) is 0 Å². The SMILES string of the molecule is CS(=O)(=O)c1ccc(-c2ccc(NC(=O)c3ccco3)cc2)nn1. The van der Waals surface area contributed by atoms with Crippen LogP contribution < -0.4 is 5.32 Å². The van der Waals surface area contributed by atoms with Crippen molar-refractivity contribution in [3.63, 3.8) is 0 Å². The maximum atomic E-state index is 11.9. The van der Waals surface area contributed by atoms with Crippen LogP contribution in [0.25, 0.3) is 11.3 Å². The van der Waals surface area contributed by atoms with Crippen molar-refractivity contribution in [2.24, 2.45) is 0 Å². The number of nitrogens with one attached hydrogen (secondary N) is 1. The first kappa shape index (κ1) is 15.9. The summed E-state index contributed by atoms with van der Waals surface area (Å²) in [5, 5.41) is 10.3. The van der Waals surface area contributed by atoms with Crippen LogP contribution in [0.3, 0.4) is 0 Å². The number of sulfone groups is 1. The van der Waals surface area contributed by atoms with E-state index in [0.29, 0.717) is 11.4 Å². The van der Waals surface area contributed by atoms with Crippen LogP contribution in [0.1, 0.15) is 10.6 Å². The Kier molecular flexibility index (Phi) is 4.13. The molecule has 0 aliphatic heterocycles. The second-order valence-electron chi connectivity index (χ2n) is 5.04. The molecular weight excluding hydrogens is 330 g/mol. The fraction of sp³-hybridized carbons (Fsp3) is 0.0625. The van der Waals surface area contributed by atoms with Gasteiger partial charge in [-0.15, -0.1) is 10.2 Å². The molecule has 2 aromatic heterocycles. The van der Waals surface area contributed by atoms with Crippen LogP contribution in [0.15, 0.2) is 64.2 Å². The number of amides is 1. The summed E-state index contributed by atoms with van der Waals surface area (Å²) in [6.45, 7) is 0. The summed E-state index contributed by atoms with van der Waals surface area (Å²) < 4.78 is 27.8. The van der Waals surface area contributed by atoms with E-state index in [1.807, 2.05) is 0 Å². The predicted octanol–water partition coefficient (Wildman–Crippen LogP) is 2.39. The van der Waals surface area contributed by atoms with E-state index in [1.54, 1.807) is 42.5 Å². The Labute approximate surface area is 138 Å². The molecule has 2 heterocycles. The van der Waals surface area contributed by atoms with Gasteiger partial charge in [-0.3, -0.25) is 4.79 Å². The Morgan fingerprint density at radius 2 is 1.79 bits per heavy atom. The molecule has 1 N–H and O–H groups in total. The van der Waals surface area contributed by atoms with Crippen molar-refractivity contribution < 1.29 is 17.6 Å². The highest BCUT2D eigenvalue weighted by Crippen LogP contribution is 2.20. The van der Waals surface area contributed by atoms with E-state index in [4.69, 9.17) is 4.42 Å². The minimum Gasteiger partial charge on any atom is -0.459 e. The van der Waals surface area contributed by atoms with Crippen molar-refractivity contribution in [1.29, 1.82) is 0 Å². The van der Waals surface area contributed by atoms with Gasteiger partial charge in [0.05, 0.1) is 12.0 Å². The molecule has 0 saturated carbocycles. The number of nitrogens with zero attached hydrogens (tertiary/aromatic N) is 2. The van der Waals surface area contributed by atoms with Crippen LogP contribution >= 0.6 is 0 Å². The first-order valence-corrected chi connectivity index (χ1v) is 8.82. The molecule has 0 aliphatic carbocycles. The van der Waals surface area contributed by atoms with Crippen molar-refractivity contribution in [1.82, 2.24) is 10.2 Å². The average Bonchev–Trinajstić information content (AvgIpc) is 3.09. The summed E-state index contributed by atoms with van der Waals surface area (Å²) in [6.07, 6.45) is 2.50. The first-order chi connectivity index (χ1) is 11.4. The molecule has 8 heteroatoms. The molecular formula is C16H13N3O4S. The Balaban J connectivity index is 1.76. The van der Waals surface area contributed by atoms with Crippen LogP contribution in [-0.2, 0) is 9.84 Å². The quantitative estimate of drug-likeness (QED) is 0.780. The summed E-state index contributed by atoms with van der Waals surface area (Å²) in [6, 6.07) is 13.1. The highest BCUT2D eigenvalue weighted by atomic mass is 32.2. The van der Waals surface area contributed by atoms with Gasteiger partial charge in [0.25, 0.3) is 5.91 Å². The lowest BCUT2D eigenvalue weighted by Crippen LogP contribution is -2.10. The van der Waals surface area contributed by atoms with Crippen LogP contribution in [0.5, 0.6) is 0 Å². The fourth-order valence-electron chi connectivity index (χ4n) is 2.00. The fourth-order valence-corrected chi connectivity index (χ4v) is 2.50. The monoisotopic (exact) mass is 343 g/mol. The van der Waals surface area contributed by atoms with E-state index in [2.05, 4.69) is 15.5 Å². The zero-order chi connectivity index (χ0) is 17.2. The van der Waals surface area contributed by atoms with E-state index in [0.717, 1.165) is 11.8 Å². The standard InChI is InChI=1S/C16H13N3O4S/c1-24(21,22)15-9-8-13(18-19-15)11-4-6-12(7-5-11)17-16(20)14-3-2-10-23-14/h2-10H,1H3,(H,17,20). The first-order valence-electron chi connectivity index (χ1n) is 6.92. The summed E-state index contributed by atoms with van der Waals surface area (Å²) >= 11 is 0. The Morgan fingerprint density at radius 3 is 2.33 bits per heavy atom. The third-order valence-electron chi connectivity index (χ3n) is 3.20. The van der Waals surface area contributed by atoms with Gasteiger partial charge in [-0.05, 0) is 36.4 Å². The maximum Gasteiger partial charge on any atom is 0.291 e. The third kappa shape index (κ3) is 3.49. The zero-order valence-corrected chi connectivity index (χ0v) is 13.4. The lowest BCUT2D eigenvalue weighted by molar-refractivity contribution is 0.0996. The van der Waals surface area contributed by atoms with Gasteiger partial charge in [0.1, 0.15) is 0 Å². The molecule has 24 heavy (non-hydrogen) atoms. The van der Waals surface area contributed by atoms with E-state index >= 15 is 0 Å². The second-order valence-corrected chi connectivity index (χ2v) is 7.00. The second kappa shape index (κ2) is 6.25. The molecule has 3 rings (SSSR count). The molecule has 0 fully saturated rings. The number of benzene rings is 1. The topological polar surface area (TPSA) is 102 Å². The molecule has 7 nitrogen and oxygen atoms in total. The van der Waals surface area contributed by atoms with Gasteiger partial charge < -0.3 is 9.73 Å². The highest BCUT2D eigenvalue weighted by Gasteiger charge is 2.11. The number of carbonyl (C=O) groups excluding carboxylic acids is 1. The van der Waals surface area contributed by atoms with Crippen molar-refractivity contribution >= 4 is 21.4 Å². The van der Waals surface area contributed by atoms with Gasteiger partial charge in [-0.25, -0.2) is 8.42 Å². The molecule has 3 aromatic rings. The lowest BCUT2D eigenvalue weighted by Gasteiger charge is -2.05. The van der Waals surface area contributed by atoms with Crippen molar-refractivity contribution in [2.75, 3.05) is 11.6 Å². The summed E-state index contributed by atoms with van der Waals surface area (Å²) in [5.74, 6) is -0.119. The van der Waals surface area contributed by atoms with E-state index in [9.17, 15) is 13.2 Å². The summed E-state index contributed by atoms with van der Waals surface area (Å²) in [5.41, 5.74) is 1.88. The molecule has 0 unspecified atom stereocenters. The predicted molar refractivity (Wildman–Crippen MR) is 87.2 cm³/mol. The summed E-state index contributed by atoms with van der Waals surface area (Å²) in [4.78, 5) is 11.9.